The average Bonchev–Trinajstić information content (AvgIpc) is 3.17. The van der Waals surface area contributed by atoms with E-state index in [1.807, 2.05) is 6.92 Å². The number of rotatable bonds is 7. The molecule has 0 aliphatic carbocycles. The highest BCUT2D eigenvalue weighted by Gasteiger charge is 2.47. The van der Waals surface area contributed by atoms with Gasteiger partial charge in [0.1, 0.15) is 17.3 Å². The van der Waals surface area contributed by atoms with Crippen LogP contribution in [0.5, 0.6) is 23.0 Å². The van der Waals surface area contributed by atoms with E-state index in [0.29, 0.717) is 17.0 Å². The summed E-state index contributed by atoms with van der Waals surface area (Å²) in [5, 5.41) is 11.4. The first-order valence-corrected chi connectivity index (χ1v) is 11.3. The number of carbonyl (C=O) groups excluding carboxylic acids is 2. The van der Waals surface area contributed by atoms with Crippen LogP contribution in [-0.4, -0.2) is 45.2 Å². The van der Waals surface area contributed by atoms with Crippen LogP contribution in [0.25, 0.3) is 5.76 Å². The van der Waals surface area contributed by atoms with E-state index in [1.165, 1.54) is 39.4 Å². The highest BCUT2D eigenvalue weighted by atomic mass is 19.1. The van der Waals surface area contributed by atoms with Gasteiger partial charge in [-0.2, -0.15) is 0 Å². The summed E-state index contributed by atoms with van der Waals surface area (Å²) in [4.78, 5) is 28.1. The second kappa shape index (κ2) is 10.2. The predicted molar refractivity (Wildman–Crippen MR) is 135 cm³/mol. The van der Waals surface area contributed by atoms with Crippen molar-refractivity contribution in [2.75, 3.05) is 33.3 Å². The fourth-order valence-corrected chi connectivity index (χ4v) is 4.39. The Labute approximate surface area is 213 Å². The zero-order valence-corrected chi connectivity index (χ0v) is 21.0. The van der Waals surface area contributed by atoms with Crippen LogP contribution >= 0.6 is 0 Å². The smallest absolute Gasteiger partial charge is 0.300 e. The predicted octanol–water partition coefficient (Wildman–Crippen LogP) is 4.79. The molecule has 9 heteroatoms. The van der Waals surface area contributed by atoms with E-state index in [-0.39, 0.29) is 28.4 Å². The number of ketones is 1. The number of nitrogens with zero attached hydrogens (tertiary/aromatic N) is 1. The molecule has 0 bridgehead atoms. The van der Waals surface area contributed by atoms with Gasteiger partial charge in [-0.15, -0.1) is 0 Å². The summed E-state index contributed by atoms with van der Waals surface area (Å²) in [6.45, 7) is 1.89. The van der Waals surface area contributed by atoms with Gasteiger partial charge in [0.25, 0.3) is 11.7 Å². The second-order valence-electron chi connectivity index (χ2n) is 8.31. The van der Waals surface area contributed by atoms with Crippen LogP contribution < -0.4 is 23.8 Å². The lowest BCUT2D eigenvalue weighted by Gasteiger charge is -2.27. The number of amides is 1. The molecule has 37 heavy (non-hydrogen) atoms. The molecular formula is C28H26FNO7. The number of ether oxygens (including phenoxy) is 4. The van der Waals surface area contributed by atoms with Crippen molar-refractivity contribution in [3.05, 3.63) is 82.7 Å². The average molecular weight is 508 g/mol. The zero-order chi connectivity index (χ0) is 26.9. The summed E-state index contributed by atoms with van der Waals surface area (Å²) >= 11 is 0. The molecule has 4 rings (SSSR count). The SMILES string of the molecule is COc1ccc(F)cc1/C(O)=C1\C(=O)C(=O)N(c2ccc(C)cc2)C1c1cc(OC)c(OC)c(OC)c1. The molecule has 0 saturated carbocycles. The van der Waals surface area contributed by atoms with Gasteiger partial charge in [-0.1, -0.05) is 17.7 Å². The van der Waals surface area contributed by atoms with Gasteiger partial charge >= 0.3 is 0 Å². The monoisotopic (exact) mass is 507 g/mol. The molecule has 1 aliphatic heterocycles. The van der Waals surface area contributed by atoms with E-state index in [0.717, 1.165) is 17.7 Å². The van der Waals surface area contributed by atoms with Gasteiger partial charge in [-0.3, -0.25) is 14.5 Å². The van der Waals surface area contributed by atoms with Crippen LogP contribution in [0.4, 0.5) is 10.1 Å². The number of carbonyl (C=O) groups is 2. The van der Waals surface area contributed by atoms with Gasteiger partial charge in [0.05, 0.1) is 45.6 Å². The Kier molecular flexibility index (Phi) is 7.06. The fraction of sp³-hybridized carbons (Fsp3) is 0.214. The number of anilines is 1. The molecule has 192 valence electrons. The standard InChI is InChI=1S/C28H26FNO7/c1-15-6-9-18(10-7-15)30-24(16-12-21(35-3)27(37-5)22(13-16)36-4)23(26(32)28(30)33)25(31)19-14-17(29)8-11-20(19)34-2/h6-14,24,31H,1-5H3/b25-23+. The van der Waals surface area contributed by atoms with Crippen LogP contribution in [0.15, 0.2) is 60.2 Å². The summed E-state index contributed by atoms with van der Waals surface area (Å²) in [5.74, 6) is -2.02. The first kappa shape index (κ1) is 25.6. The van der Waals surface area contributed by atoms with E-state index in [4.69, 9.17) is 18.9 Å². The van der Waals surface area contributed by atoms with Gasteiger partial charge in [0, 0.05) is 5.69 Å². The molecule has 1 atom stereocenters. The Morgan fingerprint density at radius 1 is 0.838 bits per heavy atom. The number of aliphatic hydroxyl groups excluding tert-OH is 1. The van der Waals surface area contributed by atoms with E-state index < -0.39 is 29.3 Å². The Bertz CT molecular complexity index is 1370. The lowest BCUT2D eigenvalue weighted by molar-refractivity contribution is -0.132. The molecule has 1 aliphatic rings. The topological polar surface area (TPSA) is 94.5 Å². The summed E-state index contributed by atoms with van der Waals surface area (Å²) < 4.78 is 35.8. The lowest BCUT2D eigenvalue weighted by Crippen LogP contribution is -2.29. The van der Waals surface area contributed by atoms with Crippen molar-refractivity contribution in [2.24, 2.45) is 0 Å². The molecule has 3 aromatic rings. The van der Waals surface area contributed by atoms with Crippen molar-refractivity contribution in [3.8, 4) is 23.0 Å². The Morgan fingerprint density at radius 2 is 1.43 bits per heavy atom. The number of hydrogen-bond donors (Lipinski definition) is 1. The van der Waals surface area contributed by atoms with Crippen molar-refractivity contribution in [1.29, 1.82) is 0 Å². The second-order valence-corrected chi connectivity index (χ2v) is 8.31. The van der Waals surface area contributed by atoms with E-state index in [1.54, 1.807) is 36.4 Å². The molecule has 3 aromatic carbocycles. The van der Waals surface area contributed by atoms with E-state index in [9.17, 15) is 19.1 Å². The lowest BCUT2D eigenvalue weighted by atomic mass is 9.94. The first-order valence-electron chi connectivity index (χ1n) is 11.3. The number of halogens is 1. The molecule has 8 nitrogen and oxygen atoms in total. The minimum absolute atomic E-state index is 0.0677. The summed E-state index contributed by atoms with van der Waals surface area (Å²) in [7, 11) is 5.69. The van der Waals surface area contributed by atoms with Gasteiger partial charge in [-0.25, -0.2) is 4.39 Å². The number of aliphatic hydroxyl groups is 1. The molecule has 0 radical (unpaired) electrons. The third-order valence-electron chi connectivity index (χ3n) is 6.18. The Balaban J connectivity index is 2.05. The summed E-state index contributed by atoms with van der Waals surface area (Å²) in [6, 6.07) is 12.6. The number of aryl methyl sites for hydroxylation is 1. The number of hydrogen-bond acceptors (Lipinski definition) is 7. The molecule has 1 amide bonds. The number of methoxy groups -OCH3 is 4. The van der Waals surface area contributed by atoms with Gasteiger partial charge in [0.15, 0.2) is 11.5 Å². The van der Waals surface area contributed by atoms with Crippen LogP contribution in [0.3, 0.4) is 0 Å². The van der Waals surface area contributed by atoms with Crippen molar-refractivity contribution in [3.63, 3.8) is 0 Å². The Morgan fingerprint density at radius 3 is 1.97 bits per heavy atom. The third kappa shape index (κ3) is 4.44. The largest absolute Gasteiger partial charge is 0.507 e. The third-order valence-corrected chi connectivity index (χ3v) is 6.18. The van der Waals surface area contributed by atoms with Crippen LogP contribution in [-0.2, 0) is 9.59 Å². The Hall–Kier alpha value is -4.53. The first-order chi connectivity index (χ1) is 17.7. The minimum Gasteiger partial charge on any atom is -0.507 e. The minimum atomic E-state index is -1.11. The van der Waals surface area contributed by atoms with Crippen LogP contribution in [0.2, 0.25) is 0 Å². The molecule has 1 fully saturated rings. The van der Waals surface area contributed by atoms with Crippen molar-refractivity contribution in [2.45, 2.75) is 13.0 Å². The van der Waals surface area contributed by atoms with E-state index in [2.05, 4.69) is 0 Å². The zero-order valence-electron chi connectivity index (χ0n) is 21.0. The van der Waals surface area contributed by atoms with Crippen LogP contribution in [0, 0.1) is 12.7 Å². The van der Waals surface area contributed by atoms with Gasteiger partial charge in [0.2, 0.25) is 5.75 Å². The molecule has 1 unspecified atom stereocenters. The quantitative estimate of drug-likeness (QED) is 0.279. The molecular weight excluding hydrogens is 481 g/mol. The molecule has 1 heterocycles. The van der Waals surface area contributed by atoms with E-state index >= 15 is 0 Å². The molecule has 0 spiro atoms. The number of benzene rings is 3. The maximum absolute atomic E-state index is 14.2. The highest BCUT2D eigenvalue weighted by Crippen LogP contribution is 2.47. The maximum Gasteiger partial charge on any atom is 0.300 e. The normalized spacial score (nSPS) is 16.6. The molecule has 1 N–H and O–H groups in total. The van der Waals surface area contributed by atoms with Crippen LogP contribution in [0.1, 0.15) is 22.7 Å². The summed E-state index contributed by atoms with van der Waals surface area (Å²) in [5.41, 5.74) is 1.46. The van der Waals surface area contributed by atoms with Gasteiger partial charge in [-0.05, 0) is 55.0 Å². The fourth-order valence-electron chi connectivity index (χ4n) is 4.39. The van der Waals surface area contributed by atoms with Crippen molar-refractivity contribution < 1.29 is 38.0 Å². The summed E-state index contributed by atoms with van der Waals surface area (Å²) in [6.07, 6.45) is 0. The molecule has 0 aromatic heterocycles. The van der Waals surface area contributed by atoms with Crippen molar-refractivity contribution in [1.82, 2.24) is 0 Å². The van der Waals surface area contributed by atoms with Crippen molar-refractivity contribution >= 4 is 23.1 Å². The highest BCUT2D eigenvalue weighted by molar-refractivity contribution is 6.51. The molecule has 1 saturated heterocycles. The van der Waals surface area contributed by atoms with Gasteiger partial charge < -0.3 is 24.1 Å². The number of Topliss-reactive ketones (excluding diaryl/α,β-unsaturated/α-hetero) is 1. The maximum atomic E-state index is 14.2.